The van der Waals surface area contributed by atoms with E-state index in [1.807, 2.05) is 32.0 Å². The fraction of sp³-hybridized carbons (Fsp3) is 0.500. The number of aromatic nitrogens is 1. The minimum absolute atomic E-state index is 0.249. The number of hydrogen-bond donors (Lipinski definition) is 1. The Bertz CT molecular complexity index is 603. The van der Waals surface area contributed by atoms with Gasteiger partial charge in [0.2, 0.25) is 0 Å². The van der Waals surface area contributed by atoms with Gasteiger partial charge in [0.15, 0.2) is 0 Å². The van der Waals surface area contributed by atoms with Crippen LogP contribution in [0.3, 0.4) is 0 Å². The summed E-state index contributed by atoms with van der Waals surface area (Å²) in [6.45, 7) is 11.8. The Hall–Kier alpha value is -1.36. The van der Waals surface area contributed by atoms with E-state index in [9.17, 15) is 0 Å². The lowest BCUT2D eigenvalue weighted by atomic mass is 10.0. The first-order valence-electron chi connectivity index (χ1n) is 8.19. The maximum atomic E-state index is 6.43. The molecule has 2 aromatic rings. The highest BCUT2D eigenvalue weighted by atomic mass is 35.5. The van der Waals surface area contributed by atoms with Crippen molar-refractivity contribution in [1.82, 2.24) is 15.4 Å². The molecule has 126 valence electrons. The Labute approximate surface area is 143 Å². The van der Waals surface area contributed by atoms with Crippen LogP contribution >= 0.6 is 11.6 Å². The summed E-state index contributed by atoms with van der Waals surface area (Å²) in [4.78, 5) is 2.42. The first-order valence-corrected chi connectivity index (χ1v) is 8.57. The zero-order valence-corrected chi connectivity index (χ0v) is 15.2. The number of rotatable bonds is 8. The van der Waals surface area contributed by atoms with E-state index in [1.165, 1.54) is 5.56 Å². The van der Waals surface area contributed by atoms with Crippen LogP contribution in [0.5, 0.6) is 0 Å². The van der Waals surface area contributed by atoms with Crippen molar-refractivity contribution in [2.45, 2.75) is 40.3 Å². The van der Waals surface area contributed by atoms with Crippen LogP contribution in [-0.2, 0) is 6.54 Å². The molecule has 1 N–H and O–H groups in total. The Balaban J connectivity index is 2.11. The lowest BCUT2D eigenvalue weighted by molar-refractivity contribution is 0.213. The molecule has 1 atom stereocenters. The van der Waals surface area contributed by atoms with E-state index in [0.29, 0.717) is 0 Å². The molecule has 0 aliphatic rings. The third-order valence-corrected chi connectivity index (χ3v) is 4.68. The molecule has 1 unspecified atom stereocenters. The van der Waals surface area contributed by atoms with Crippen LogP contribution in [-0.4, -0.2) is 29.7 Å². The largest absolute Gasteiger partial charge is 0.361 e. The number of likely N-dealkylation sites (N-methyl/N-ethyl adjacent to an activating group) is 1. The van der Waals surface area contributed by atoms with E-state index in [4.69, 9.17) is 16.1 Å². The molecule has 1 heterocycles. The van der Waals surface area contributed by atoms with Gasteiger partial charge in [-0.2, -0.15) is 0 Å². The van der Waals surface area contributed by atoms with E-state index in [-0.39, 0.29) is 6.04 Å². The van der Waals surface area contributed by atoms with Crippen molar-refractivity contribution in [2.75, 3.05) is 19.6 Å². The summed E-state index contributed by atoms with van der Waals surface area (Å²) in [5, 5.41) is 8.37. The van der Waals surface area contributed by atoms with E-state index >= 15 is 0 Å². The minimum Gasteiger partial charge on any atom is -0.361 e. The molecule has 0 bridgehead atoms. The molecule has 23 heavy (non-hydrogen) atoms. The van der Waals surface area contributed by atoms with Gasteiger partial charge in [-0.25, -0.2) is 0 Å². The van der Waals surface area contributed by atoms with Gasteiger partial charge < -0.3 is 9.84 Å². The molecular weight excluding hydrogens is 310 g/mol. The van der Waals surface area contributed by atoms with Crippen molar-refractivity contribution in [3.05, 3.63) is 51.9 Å². The molecule has 1 aromatic heterocycles. The van der Waals surface area contributed by atoms with Crippen molar-refractivity contribution in [3.63, 3.8) is 0 Å². The van der Waals surface area contributed by atoms with Crippen LogP contribution in [0.1, 0.15) is 42.5 Å². The number of nitrogens with zero attached hydrogens (tertiary/aromatic N) is 2. The molecule has 0 aliphatic heterocycles. The van der Waals surface area contributed by atoms with Gasteiger partial charge in [0.25, 0.3) is 0 Å². The maximum absolute atomic E-state index is 6.43. The highest BCUT2D eigenvalue weighted by Gasteiger charge is 2.20. The molecule has 0 saturated heterocycles. The Morgan fingerprint density at radius 1 is 1.22 bits per heavy atom. The second-order valence-corrected chi connectivity index (χ2v) is 6.10. The average Bonchev–Trinajstić information content (AvgIpc) is 2.87. The summed E-state index contributed by atoms with van der Waals surface area (Å²) < 4.78 is 5.22. The summed E-state index contributed by atoms with van der Waals surface area (Å²) in [6.07, 6.45) is 0. The summed E-state index contributed by atoms with van der Waals surface area (Å²) in [5.74, 6) is 0.882. The van der Waals surface area contributed by atoms with Crippen LogP contribution in [0.4, 0.5) is 0 Å². The van der Waals surface area contributed by atoms with Crippen molar-refractivity contribution in [1.29, 1.82) is 0 Å². The molecule has 0 aliphatic carbocycles. The normalized spacial score (nSPS) is 12.8. The van der Waals surface area contributed by atoms with E-state index < -0.39 is 0 Å². The number of nitrogens with one attached hydrogen (secondary N) is 1. The van der Waals surface area contributed by atoms with Crippen LogP contribution in [0.25, 0.3) is 0 Å². The van der Waals surface area contributed by atoms with Gasteiger partial charge in [0, 0.05) is 29.7 Å². The standard InChI is InChI=1S/C18H26ClN3O/c1-5-22(6-2)18(15-9-7-8-10-17(15)19)12-20-11-16-13(3)21-23-14(16)4/h7-10,18,20H,5-6,11-12H2,1-4H3. The molecule has 0 amide bonds. The predicted octanol–water partition coefficient (Wildman–Crippen LogP) is 4.12. The van der Waals surface area contributed by atoms with Gasteiger partial charge in [0.05, 0.1) is 5.69 Å². The summed E-state index contributed by atoms with van der Waals surface area (Å²) in [5.41, 5.74) is 3.26. The quantitative estimate of drug-likeness (QED) is 0.788. The third-order valence-electron chi connectivity index (χ3n) is 4.34. The summed E-state index contributed by atoms with van der Waals surface area (Å²) >= 11 is 6.43. The van der Waals surface area contributed by atoms with Gasteiger partial charge in [-0.3, -0.25) is 4.90 Å². The lowest BCUT2D eigenvalue weighted by Gasteiger charge is -2.31. The monoisotopic (exact) mass is 335 g/mol. The minimum atomic E-state index is 0.249. The first-order chi connectivity index (χ1) is 11.1. The van der Waals surface area contributed by atoms with Gasteiger partial charge in [-0.05, 0) is 38.6 Å². The third kappa shape index (κ3) is 4.34. The lowest BCUT2D eigenvalue weighted by Crippen LogP contribution is -2.36. The first kappa shape index (κ1) is 18.0. The highest BCUT2D eigenvalue weighted by Crippen LogP contribution is 2.27. The number of halogens is 1. The van der Waals surface area contributed by atoms with Gasteiger partial charge in [-0.1, -0.05) is 48.8 Å². The SMILES string of the molecule is CCN(CC)C(CNCc1c(C)noc1C)c1ccccc1Cl. The second kappa shape index (κ2) is 8.48. The highest BCUT2D eigenvalue weighted by molar-refractivity contribution is 6.31. The van der Waals surface area contributed by atoms with E-state index in [2.05, 4.69) is 35.3 Å². The predicted molar refractivity (Wildman–Crippen MR) is 94.8 cm³/mol. The van der Waals surface area contributed by atoms with Gasteiger partial charge >= 0.3 is 0 Å². The van der Waals surface area contributed by atoms with Gasteiger partial charge in [0.1, 0.15) is 5.76 Å². The van der Waals surface area contributed by atoms with E-state index in [1.54, 1.807) is 0 Å². The summed E-state index contributed by atoms with van der Waals surface area (Å²) in [6, 6.07) is 8.35. The van der Waals surface area contributed by atoms with Crippen LogP contribution < -0.4 is 5.32 Å². The van der Waals surface area contributed by atoms with Crippen molar-refractivity contribution in [3.8, 4) is 0 Å². The Morgan fingerprint density at radius 2 is 1.91 bits per heavy atom. The van der Waals surface area contributed by atoms with Crippen molar-refractivity contribution >= 4 is 11.6 Å². The molecule has 0 radical (unpaired) electrons. The number of benzene rings is 1. The zero-order chi connectivity index (χ0) is 16.8. The van der Waals surface area contributed by atoms with Crippen molar-refractivity contribution < 1.29 is 4.52 Å². The van der Waals surface area contributed by atoms with Crippen molar-refractivity contribution in [2.24, 2.45) is 0 Å². The molecule has 0 fully saturated rings. The van der Waals surface area contributed by atoms with Crippen LogP contribution in [0, 0.1) is 13.8 Å². The van der Waals surface area contributed by atoms with Crippen LogP contribution in [0.15, 0.2) is 28.8 Å². The molecule has 0 saturated carbocycles. The Kier molecular flexibility index (Phi) is 6.63. The molecule has 5 heteroatoms. The molecule has 1 aromatic carbocycles. The second-order valence-electron chi connectivity index (χ2n) is 5.69. The van der Waals surface area contributed by atoms with E-state index in [0.717, 1.165) is 48.2 Å². The molecule has 0 spiro atoms. The average molecular weight is 336 g/mol. The molecular formula is C18H26ClN3O. The smallest absolute Gasteiger partial charge is 0.138 e. The topological polar surface area (TPSA) is 41.3 Å². The fourth-order valence-corrected chi connectivity index (χ4v) is 3.20. The molecule has 4 nitrogen and oxygen atoms in total. The summed E-state index contributed by atoms with van der Waals surface area (Å²) in [7, 11) is 0. The van der Waals surface area contributed by atoms with Gasteiger partial charge in [-0.15, -0.1) is 0 Å². The Morgan fingerprint density at radius 3 is 2.48 bits per heavy atom. The number of aryl methyl sites for hydroxylation is 2. The maximum Gasteiger partial charge on any atom is 0.138 e. The number of hydrogen-bond acceptors (Lipinski definition) is 4. The van der Waals surface area contributed by atoms with Crippen LogP contribution in [0.2, 0.25) is 5.02 Å². The zero-order valence-electron chi connectivity index (χ0n) is 14.4. The molecule has 2 rings (SSSR count). The fourth-order valence-electron chi connectivity index (χ4n) is 2.93.